The summed E-state index contributed by atoms with van der Waals surface area (Å²) in [6.45, 7) is 2.52. The normalized spacial score (nSPS) is 15.5. The molecule has 116 valence electrons. The molecule has 5 nitrogen and oxygen atoms in total. The lowest BCUT2D eigenvalue weighted by Crippen LogP contribution is -2.32. The number of hydrogen-bond donors (Lipinski definition) is 2. The number of ether oxygens (including phenoxy) is 2. The summed E-state index contributed by atoms with van der Waals surface area (Å²) in [7, 11) is 3.24. The van der Waals surface area contributed by atoms with Gasteiger partial charge in [-0.15, -0.1) is 0 Å². The van der Waals surface area contributed by atoms with E-state index in [9.17, 15) is 4.79 Å². The van der Waals surface area contributed by atoms with E-state index in [4.69, 9.17) is 9.47 Å². The molecule has 2 N–H and O–H groups in total. The van der Waals surface area contributed by atoms with Crippen LogP contribution in [0.5, 0.6) is 11.5 Å². The van der Waals surface area contributed by atoms with Gasteiger partial charge in [0.1, 0.15) is 11.5 Å². The number of hydrogen-bond acceptors (Lipinski definition) is 4. The van der Waals surface area contributed by atoms with Crippen LogP contribution in [0.3, 0.4) is 0 Å². The smallest absolute Gasteiger partial charge is 0.220 e. The molecule has 21 heavy (non-hydrogen) atoms. The highest BCUT2D eigenvalue weighted by molar-refractivity contribution is 5.76. The Morgan fingerprint density at radius 2 is 2.05 bits per heavy atom. The Labute approximate surface area is 126 Å². The summed E-state index contributed by atoms with van der Waals surface area (Å²) in [5.41, 5.74) is 0.956. The molecule has 0 aliphatic carbocycles. The van der Waals surface area contributed by atoms with E-state index in [1.54, 1.807) is 14.2 Å². The number of methoxy groups -OCH3 is 2. The van der Waals surface area contributed by atoms with E-state index in [0.717, 1.165) is 43.0 Å². The number of nitrogens with one attached hydrogen (secondary N) is 2. The van der Waals surface area contributed by atoms with Crippen LogP contribution in [0.2, 0.25) is 0 Å². The highest BCUT2D eigenvalue weighted by Crippen LogP contribution is 2.24. The molecule has 1 amide bonds. The Hall–Kier alpha value is -1.75. The van der Waals surface area contributed by atoms with Crippen molar-refractivity contribution in [3.8, 4) is 11.5 Å². The molecule has 5 heteroatoms. The Balaban J connectivity index is 1.85. The van der Waals surface area contributed by atoms with Crippen molar-refractivity contribution in [2.45, 2.75) is 25.8 Å². The maximum absolute atomic E-state index is 12.0. The number of rotatable bonds is 6. The summed E-state index contributed by atoms with van der Waals surface area (Å²) in [5.74, 6) is 2.09. The third-order valence-electron chi connectivity index (χ3n) is 3.90. The van der Waals surface area contributed by atoms with Crippen LogP contribution in [0.15, 0.2) is 18.2 Å². The molecule has 0 aromatic heterocycles. The van der Waals surface area contributed by atoms with E-state index in [1.165, 1.54) is 0 Å². The summed E-state index contributed by atoms with van der Waals surface area (Å²) in [6.07, 6.45) is 2.78. The average Bonchev–Trinajstić information content (AvgIpc) is 2.53. The first-order valence-corrected chi connectivity index (χ1v) is 7.41. The van der Waals surface area contributed by atoms with Crippen molar-refractivity contribution in [1.82, 2.24) is 10.6 Å². The molecule has 2 rings (SSSR count). The number of benzene rings is 1. The van der Waals surface area contributed by atoms with Crippen LogP contribution in [0, 0.1) is 5.92 Å². The van der Waals surface area contributed by atoms with E-state index in [0.29, 0.717) is 18.9 Å². The highest BCUT2D eigenvalue weighted by atomic mass is 16.5. The largest absolute Gasteiger partial charge is 0.497 e. The summed E-state index contributed by atoms with van der Waals surface area (Å²) >= 11 is 0. The predicted molar refractivity (Wildman–Crippen MR) is 81.6 cm³/mol. The van der Waals surface area contributed by atoms with Crippen molar-refractivity contribution in [2.24, 2.45) is 5.92 Å². The quantitative estimate of drug-likeness (QED) is 0.838. The average molecular weight is 292 g/mol. The van der Waals surface area contributed by atoms with Gasteiger partial charge in [-0.3, -0.25) is 4.79 Å². The fourth-order valence-electron chi connectivity index (χ4n) is 2.61. The van der Waals surface area contributed by atoms with Crippen LogP contribution in [0.4, 0.5) is 0 Å². The molecular weight excluding hydrogens is 268 g/mol. The van der Waals surface area contributed by atoms with Gasteiger partial charge in [-0.1, -0.05) is 0 Å². The monoisotopic (exact) mass is 292 g/mol. The molecule has 1 saturated heterocycles. The Kier molecular flexibility index (Phi) is 5.87. The Morgan fingerprint density at radius 1 is 1.29 bits per heavy atom. The van der Waals surface area contributed by atoms with Gasteiger partial charge in [-0.25, -0.2) is 0 Å². The van der Waals surface area contributed by atoms with Crippen molar-refractivity contribution in [3.05, 3.63) is 23.8 Å². The second-order valence-corrected chi connectivity index (χ2v) is 5.35. The number of carbonyl (C=O) groups excluding carboxylic acids is 1. The van der Waals surface area contributed by atoms with Crippen LogP contribution < -0.4 is 20.1 Å². The summed E-state index contributed by atoms with van der Waals surface area (Å²) < 4.78 is 10.5. The van der Waals surface area contributed by atoms with Crippen molar-refractivity contribution in [1.29, 1.82) is 0 Å². The van der Waals surface area contributed by atoms with E-state index in [1.807, 2.05) is 18.2 Å². The van der Waals surface area contributed by atoms with Gasteiger partial charge >= 0.3 is 0 Å². The van der Waals surface area contributed by atoms with E-state index >= 15 is 0 Å². The van der Waals surface area contributed by atoms with Gasteiger partial charge in [0.15, 0.2) is 0 Å². The molecular formula is C16H24N2O3. The van der Waals surface area contributed by atoms with E-state index in [-0.39, 0.29) is 5.91 Å². The molecule has 1 aromatic carbocycles. The van der Waals surface area contributed by atoms with Crippen LogP contribution in [0.1, 0.15) is 24.8 Å². The van der Waals surface area contributed by atoms with Crippen LogP contribution in [0.25, 0.3) is 0 Å². The topological polar surface area (TPSA) is 59.6 Å². The van der Waals surface area contributed by atoms with Crippen molar-refractivity contribution in [3.63, 3.8) is 0 Å². The van der Waals surface area contributed by atoms with Crippen molar-refractivity contribution >= 4 is 5.91 Å². The van der Waals surface area contributed by atoms with Crippen molar-refractivity contribution < 1.29 is 14.3 Å². The van der Waals surface area contributed by atoms with Gasteiger partial charge in [0.25, 0.3) is 0 Å². The zero-order valence-corrected chi connectivity index (χ0v) is 12.8. The van der Waals surface area contributed by atoms with E-state index < -0.39 is 0 Å². The van der Waals surface area contributed by atoms with E-state index in [2.05, 4.69) is 10.6 Å². The minimum atomic E-state index is 0.111. The first-order chi connectivity index (χ1) is 10.2. The molecule has 1 fully saturated rings. The molecule has 0 unspecified atom stereocenters. The molecule has 0 atom stereocenters. The number of amides is 1. The number of piperidine rings is 1. The molecule has 1 heterocycles. The molecule has 0 saturated carbocycles. The molecule has 1 aliphatic rings. The summed E-state index contributed by atoms with van der Waals surface area (Å²) in [5, 5.41) is 6.29. The lowest BCUT2D eigenvalue weighted by atomic mass is 9.94. The zero-order chi connectivity index (χ0) is 15.1. The van der Waals surface area contributed by atoms with Crippen LogP contribution in [-0.2, 0) is 11.3 Å². The summed E-state index contributed by atoms with van der Waals surface area (Å²) in [4.78, 5) is 12.0. The van der Waals surface area contributed by atoms with Gasteiger partial charge in [0, 0.05) is 24.6 Å². The standard InChI is InChI=1S/C16H24N2O3/c1-20-14-4-3-13(15(10-14)21-2)11-18-16(19)9-12-5-7-17-8-6-12/h3-4,10,12,17H,5-9,11H2,1-2H3,(H,18,19). The lowest BCUT2D eigenvalue weighted by molar-refractivity contribution is -0.122. The zero-order valence-electron chi connectivity index (χ0n) is 12.8. The van der Waals surface area contributed by atoms with Gasteiger partial charge < -0.3 is 20.1 Å². The molecule has 0 spiro atoms. The molecule has 0 bridgehead atoms. The third-order valence-corrected chi connectivity index (χ3v) is 3.90. The fourth-order valence-corrected chi connectivity index (χ4v) is 2.61. The Bertz CT molecular complexity index is 471. The SMILES string of the molecule is COc1ccc(CNC(=O)CC2CCNCC2)c(OC)c1. The third kappa shape index (κ3) is 4.63. The highest BCUT2D eigenvalue weighted by Gasteiger charge is 2.16. The van der Waals surface area contributed by atoms with Crippen LogP contribution in [-0.4, -0.2) is 33.2 Å². The summed E-state index contributed by atoms with van der Waals surface area (Å²) in [6, 6.07) is 5.62. The predicted octanol–water partition coefficient (Wildman–Crippen LogP) is 1.71. The molecule has 1 aliphatic heterocycles. The van der Waals surface area contributed by atoms with Gasteiger partial charge in [0.2, 0.25) is 5.91 Å². The lowest BCUT2D eigenvalue weighted by Gasteiger charge is -2.22. The van der Waals surface area contributed by atoms with Gasteiger partial charge in [0.05, 0.1) is 14.2 Å². The maximum Gasteiger partial charge on any atom is 0.220 e. The van der Waals surface area contributed by atoms with Gasteiger partial charge in [-0.2, -0.15) is 0 Å². The molecule has 0 radical (unpaired) electrons. The second kappa shape index (κ2) is 7.88. The Morgan fingerprint density at radius 3 is 2.71 bits per heavy atom. The first-order valence-electron chi connectivity index (χ1n) is 7.41. The van der Waals surface area contributed by atoms with Crippen LogP contribution >= 0.6 is 0 Å². The second-order valence-electron chi connectivity index (χ2n) is 5.35. The first kappa shape index (κ1) is 15.6. The van der Waals surface area contributed by atoms with Gasteiger partial charge in [-0.05, 0) is 44.0 Å². The molecule has 1 aromatic rings. The fraction of sp³-hybridized carbons (Fsp3) is 0.562. The maximum atomic E-state index is 12.0. The minimum absolute atomic E-state index is 0.111. The minimum Gasteiger partial charge on any atom is -0.497 e. The van der Waals surface area contributed by atoms with Crippen molar-refractivity contribution in [2.75, 3.05) is 27.3 Å². The number of carbonyl (C=O) groups is 1.